The maximum absolute atomic E-state index is 11.9. The van der Waals surface area contributed by atoms with Gasteiger partial charge in [0.05, 0.1) is 11.2 Å². The number of benzene rings is 1. The van der Waals surface area contributed by atoms with E-state index in [9.17, 15) is 9.59 Å². The van der Waals surface area contributed by atoms with Crippen molar-refractivity contribution in [2.75, 3.05) is 0 Å². The molecule has 2 rings (SSSR count). The highest BCUT2D eigenvalue weighted by Crippen LogP contribution is 2.07. The first-order chi connectivity index (χ1) is 9.16. The number of hydrogen-bond donors (Lipinski definition) is 2. The number of nitrogens with one attached hydrogen (secondary N) is 1. The molecule has 1 amide bonds. The van der Waals surface area contributed by atoms with E-state index in [-0.39, 0.29) is 5.70 Å². The fourth-order valence-corrected chi connectivity index (χ4v) is 1.89. The van der Waals surface area contributed by atoms with Gasteiger partial charge in [-0.05, 0) is 18.2 Å². The van der Waals surface area contributed by atoms with Crippen molar-refractivity contribution in [1.82, 2.24) is 10.3 Å². The zero-order chi connectivity index (χ0) is 13.7. The molecule has 0 atom stereocenters. The van der Waals surface area contributed by atoms with E-state index >= 15 is 0 Å². The van der Waals surface area contributed by atoms with Crippen LogP contribution in [-0.2, 0) is 4.79 Å². The van der Waals surface area contributed by atoms with E-state index in [1.54, 1.807) is 41.2 Å². The second-order valence-corrected chi connectivity index (χ2v) is 4.32. The van der Waals surface area contributed by atoms with E-state index in [0.29, 0.717) is 11.3 Å². The predicted octanol–water partition coefficient (Wildman–Crippen LogP) is 2.00. The van der Waals surface area contributed by atoms with Gasteiger partial charge < -0.3 is 10.4 Å². The number of carboxylic acid groups (broad SMARTS) is 1. The highest BCUT2D eigenvalue weighted by molar-refractivity contribution is 7.07. The Morgan fingerprint density at radius 1 is 1.26 bits per heavy atom. The summed E-state index contributed by atoms with van der Waals surface area (Å²) in [6.07, 6.45) is 1.32. The van der Waals surface area contributed by atoms with Crippen LogP contribution in [0.4, 0.5) is 0 Å². The summed E-state index contributed by atoms with van der Waals surface area (Å²) in [6.45, 7) is 0. The minimum atomic E-state index is -1.21. The number of amides is 1. The fraction of sp³-hybridized carbons (Fsp3) is 0. The molecule has 0 radical (unpaired) electrons. The highest BCUT2D eigenvalue weighted by Gasteiger charge is 2.13. The second-order valence-electron chi connectivity index (χ2n) is 3.60. The minimum absolute atomic E-state index is 0.209. The zero-order valence-corrected chi connectivity index (χ0v) is 10.6. The van der Waals surface area contributed by atoms with E-state index in [2.05, 4.69) is 10.3 Å². The van der Waals surface area contributed by atoms with Gasteiger partial charge in [-0.3, -0.25) is 4.79 Å². The molecule has 19 heavy (non-hydrogen) atoms. The summed E-state index contributed by atoms with van der Waals surface area (Å²) in [5.74, 6) is -1.68. The van der Waals surface area contributed by atoms with Crippen molar-refractivity contribution in [3.05, 3.63) is 58.2 Å². The minimum Gasteiger partial charge on any atom is -0.477 e. The second kappa shape index (κ2) is 5.92. The summed E-state index contributed by atoms with van der Waals surface area (Å²) in [5.41, 5.74) is 2.27. The molecule has 1 aromatic carbocycles. The molecule has 6 heteroatoms. The predicted molar refractivity (Wildman–Crippen MR) is 71.6 cm³/mol. The molecule has 0 saturated carbocycles. The third kappa shape index (κ3) is 3.49. The molecule has 0 aliphatic heterocycles. The lowest BCUT2D eigenvalue weighted by Gasteiger charge is -2.05. The number of carboxylic acids is 1. The van der Waals surface area contributed by atoms with Crippen molar-refractivity contribution in [3.8, 4) is 0 Å². The average Bonchev–Trinajstić information content (AvgIpc) is 2.91. The SMILES string of the molecule is O=C(O)/C(=C/c1cscn1)NC(=O)c1ccccc1. The van der Waals surface area contributed by atoms with E-state index in [1.807, 2.05) is 0 Å². The topological polar surface area (TPSA) is 79.3 Å². The average molecular weight is 274 g/mol. The third-order valence-corrected chi connectivity index (χ3v) is 2.86. The van der Waals surface area contributed by atoms with Gasteiger partial charge in [-0.2, -0.15) is 0 Å². The zero-order valence-electron chi connectivity index (χ0n) is 9.74. The number of thiazole rings is 1. The molecule has 0 aliphatic rings. The number of hydrogen-bond acceptors (Lipinski definition) is 4. The molecular formula is C13H10N2O3S. The molecule has 0 aliphatic carbocycles. The van der Waals surface area contributed by atoms with Crippen molar-refractivity contribution in [2.24, 2.45) is 0 Å². The number of carbonyl (C=O) groups excluding carboxylic acids is 1. The number of aliphatic carboxylic acids is 1. The molecule has 2 aromatic rings. The molecule has 1 heterocycles. The lowest BCUT2D eigenvalue weighted by Crippen LogP contribution is -2.27. The largest absolute Gasteiger partial charge is 0.477 e. The van der Waals surface area contributed by atoms with Gasteiger partial charge in [0.1, 0.15) is 5.70 Å². The van der Waals surface area contributed by atoms with Gasteiger partial charge in [0.15, 0.2) is 0 Å². The Kier molecular flexibility index (Phi) is 4.04. The van der Waals surface area contributed by atoms with Gasteiger partial charge in [-0.1, -0.05) is 18.2 Å². The Morgan fingerprint density at radius 2 is 2.00 bits per heavy atom. The van der Waals surface area contributed by atoms with E-state index in [0.717, 1.165) is 0 Å². The first-order valence-electron chi connectivity index (χ1n) is 5.36. The van der Waals surface area contributed by atoms with Crippen molar-refractivity contribution >= 4 is 29.3 Å². The van der Waals surface area contributed by atoms with E-state index in [1.165, 1.54) is 17.4 Å². The molecule has 2 N–H and O–H groups in total. The summed E-state index contributed by atoms with van der Waals surface area (Å²) >= 11 is 1.35. The van der Waals surface area contributed by atoms with Crippen LogP contribution in [0.3, 0.4) is 0 Å². The quantitative estimate of drug-likeness (QED) is 0.836. The lowest BCUT2D eigenvalue weighted by atomic mass is 10.2. The summed E-state index contributed by atoms with van der Waals surface area (Å²) in [5, 5.41) is 13.1. The lowest BCUT2D eigenvalue weighted by molar-refractivity contribution is -0.132. The maximum Gasteiger partial charge on any atom is 0.352 e. The Morgan fingerprint density at radius 3 is 2.58 bits per heavy atom. The van der Waals surface area contributed by atoms with E-state index in [4.69, 9.17) is 5.11 Å². The van der Waals surface area contributed by atoms with Crippen LogP contribution in [0.25, 0.3) is 6.08 Å². The first kappa shape index (κ1) is 13.0. The van der Waals surface area contributed by atoms with Crippen LogP contribution in [0.5, 0.6) is 0 Å². The molecule has 96 valence electrons. The van der Waals surface area contributed by atoms with Crippen LogP contribution in [0.2, 0.25) is 0 Å². The third-order valence-electron chi connectivity index (χ3n) is 2.26. The van der Waals surface area contributed by atoms with Gasteiger partial charge in [-0.25, -0.2) is 9.78 Å². The highest BCUT2D eigenvalue weighted by atomic mass is 32.1. The Labute approximate surface area is 113 Å². The number of carbonyl (C=O) groups is 2. The van der Waals surface area contributed by atoms with Gasteiger partial charge in [0, 0.05) is 10.9 Å². The monoisotopic (exact) mass is 274 g/mol. The van der Waals surface area contributed by atoms with Gasteiger partial charge >= 0.3 is 5.97 Å². The number of aromatic nitrogens is 1. The molecule has 1 aromatic heterocycles. The van der Waals surface area contributed by atoms with Gasteiger partial charge in [-0.15, -0.1) is 11.3 Å². The Hall–Kier alpha value is -2.47. The van der Waals surface area contributed by atoms with Crippen LogP contribution in [0.15, 0.2) is 46.9 Å². The van der Waals surface area contributed by atoms with Crippen molar-refractivity contribution < 1.29 is 14.7 Å². The van der Waals surface area contributed by atoms with E-state index < -0.39 is 11.9 Å². The summed E-state index contributed by atoms with van der Waals surface area (Å²) < 4.78 is 0. The maximum atomic E-state index is 11.9. The number of rotatable bonds is 4. The molecule has 0 unspecified atom stereocenters. The normalized spacial score (nSPS) is 11.1. The van der Waals surface area contributed by atoms with Crippen LogP contribution in [0, 0.1) is 0 Å². The van der Waals surface area contributed by atoms with Crippen LogP contribution < -0.4 is 5.32 Å². The number of nitrogens with zero attached hydrogens (tertiary/aromatic N) is 1. The van der Waals surface area contributed by atoms with Crippen molar-refractivity contribution in [2.45, 2.75) is 0 Å². The van der Waals surface area contributed by atoms with Crippen LogP contribution >= 0.6 is 11.3 Å². The molecule has 0 saturated heterocycles. The summed E-state index contributed by atoms with van der Waals surface area (Å²) in [7, 11) is 0. The summed E-state index contributed by atoms with van der Waals surface area (Å²) in [6, 6.07) is 8.41. The summed E-state index contributed by atoms with van der Waals surface area (Å²) in [4.78, 5) is 26.9. The Bertz CT molecular complexity index is 606. The smallest absolute Gasteiger partial charge is 0.352 e. The molecule has 0 spiro atoms. The van der Waals surface area contributed by atoms with Crippen molar-refractivity contribution in [1.29, 1.82) is 0 Å². The standard InChI is InChI=1S/C13H10N2O3S/c16-12(9-4-2-1-3-5-9)15-11(13(17)18)6-10-7-19-8-14-10/h1-8H,(H,15,16)(H,17,18)/b11-6-. The molecular weight excluding hydrogens is 264 g/mol. The van der Waals surface area contributed by atoms with Crippen molar-refractivity contribution in [3.63, 3.8) is 0 Å². The van der Waals surface area contributed by atoms with Crippen LogP contribution in [0.1, 0.15) is 16.1 Å². The Balaban J connectivity index is 2.19. The molecule has 0 fully saturated rings. The molecule has 0 bridgehead atoms. The van der Waals surface area contributed by atoms with Crippen LogP contribution in [-0.4, -0.2) is 22.0 Å². The van der Waals surface area contributed by atoms with Gasteiger partial charge in [0.2, 0.25) is 0 Å². The van der Waals surface area contributed by atoms with Gasteiger partial charge in [0.25, 0.3) is 5.91 Å². The first-order valence-corrected chi connectivity index (χ1v) is 6.30. The molecule has 5 nitrogen and oxygen atoms in total. The fourth-order valence-electron chi connectivity index (χ4n) is 1.38.